The van der Waals surface area contributed by atoms with Gasteiger partial charge in [0.25, 0.3) is 0 Å². The van der Waals surface area contributed by atoms with Gasteiger partial charge in [-0.2, -0.15) is 13.2 Å². The highest BCUT2D eigenvalue weighted by molar-refractivity contribution is 5.71. The summed E-state index contributed by atoms with van der Waals surface area (Å²) in [5.74, 6) is -0.287. The van der Waals surface area contributed by atoms with Gasteiger partial charge >= 0.3 is 12.3 Å². The normalized spacial score (nSPS) is 12.3. The Kier molecular flexibility index (Phi) is 5.90. The van der Waals surface area contributed by atoms with Gasteiger partial charge in [0.2, 0.25) is 5.88 Å². The van der Waals surface area contributed by atoms with Crippen LogP contribution < -0.4 is 10.1 Å². The van der Waals surface area contributed by atoms with E-state index in [4.69, 9.17) is 9.84 Å². The molecule has 6 nitrogen and oxygen atoms in total. The van der Waals surface area contributed by atoms with E-state index >= 15 is 0 Å². The Hall–Kier alpha value is -2.58. The molecule has 1 amide bonds. The summed E-state index contributed by atoms with van der Waals surface area (Å²) in [7, 11) is 0. The number of nitrogens with zero attached hydrogens (tertiary/aromatic N) is 1. The van der Waals surface area contributed by atoms with Crippen molar-refractivity contribution >= 4 is 12.4 Å². The molecule has 1 aromatic rings. The third kappa shape index (κ3) is 5.43. The Morgan fingerprint density at radius 2 is 2.18 bits per heavy atom. The number of carbonyl (C=O) groups is 2. The highest BCUT2D eigenvalue weighted by Crippen LogP contribution is 2.31. The number of amides is 1. The van der Waals surface area contributed by atoms with E-state index in [-0.39, 0.29) is 30.9 Å². The largest absolute Gasteiger partial charge is 0.473 e. The van der Waals surface area contributed by atoms with Crippen molar-refractivity contribution in [2.75, 3.05) is 6.61 Å². The summed E-state index contributed by atoms with van der Waals surface area (Å²) in [5, 5.41) is 10.4. The Balaban J connectivity index is 3.08. The number of aromatic nitrogens is 1. The highest BCUT2D eigenvalue weighted by atomic mass is 19.4. The summed E-state index contributed by atoms with van der Waals surface area (Å²) in [5.41, 5.74) is -1.13. The minimum Gasteiger partial charge on any atom is -0.473 e. The molecule has 2 N–H and O–H groups in total. The van der Waals surface area contributed by atoms with Crippen molar-refractivity contribution in [1.29, 1.82) is 0 Å². The highest BCUT2D eigenvalue weighted by Gasteiger charge is 2.32. The van der Waals surface area contributed by atoms with E-state index in [1.807, 2.05) is 5.32 Å². The van der Waals surface area contributed by atoms with Crippen LogP contribution in [0.25, 0.3) is 0 Å². The fourth-order valence-corrected chi connectivity index (χ4v) is 1.56. The lowest BCUT2D eigenvalue weighted by Gasteiger charge is -2.14. The number of nitrogens with one attached hydrogen (secondary N) is 1. The molecule has 0 aliphatic heterocycles. The molecule has 0 aliphatic carbocycles. The fourth-order valence-electron chi connectivity index (χ4n) is 1.56. The number of rotatable bonds is 7. The van der Waals surface area contributed by atoms with Gasteiger partial charge in [-0.1, -0.05) is 12.7 Å². The van der Waals surface area contributed by atoms with Crippen LogP contribution in [0.15, 0.2) is 24.8 Å². The summed E-state index contributed by atoms with van der Waals surface area (Å²) >= 11 is 0. The van der Waals surface area contributed by atoms with Crippen molar-refractivity contribution in [3.05, 3.63) is 36.0 Å². The van der Waals surface area contributed by atoms with Crippen molar-refractivity contribution in [3.63, 3.8) is 0 Å². The van der Waals surface area contributed by atoms with Gasteiger partial charge < -0.3 is 20.0 Å². The van der Waals surface area contributed by atoms with Crippen molar-refractivity contribution in [2.24, 2.45) is 0 Å². The average Bonchev–Trinajstić information content (AvgIpc) is 2.42. The second-order valence-corrected chi connectivity index (χ2v) is 4.18. The average molecular weight is 318 g/mol. The van der Waals surface area contributed by atoms with Gasteiger partial charge in [0.1, 0.15) is 12.9 Å². The van der Waals surface area contributed by atoms with Gasteiger partial charge in [-0.05, 0) is 6.07 Å². The molecule has 1 rings (SSSR count). The molecule has 120 valence electrons. The number of carboxylic acid groups (broad SMARTS) is 1. The van der Waals surface area contributed by atoms with E-state index in [0.29, 0.717) is 6.07 Å². The standard InChI is InChI=1S/C13H13F3N2O4/c1-2-3-22-11-5-8(13(14,15)16)4-9(17-11)6-10(7-19)18-12(20)21/h2,4-5,7,10,18H,1,3,6H2,(H,20,21)/t10-/m0/s1. The first-order valence-corrected chi connectivity index (χ1v) is 6.03. The van der Waals surface area contributed by atoms with Crippen molar-refractivity contribution in [1.82, 2.24) is 10.3 Å². The van der Waals surface area contributed by atoms with Crippen molar-refractivity contribution < 1.29 is 32.6 Å². The predicted octanol–water partition coefficient (Wildman–Crippen LogP) is 2.04. The first kappa shape index (κ1) is 17.5. The van der Waals surface area contributed by atoms with Gasteiger partial charge in [-0.25, -0.2) is 9.78 Å². The molecule has 0 fully saturated rings. The number of hydrogen-bond acceptors (Lipinski definition) is 4. The maximum Gasteiger partial charge on any atom is 0.416 e. The molecule has 1 aromatic heterocycles. The second kappa shape index (κ2) is 7.43. The quantitative estimate of drug-likeness (QED) is 0.593. The smallest absolute Gasteiger partial charge is 0.416 e. The zero-order chi connectivity index (χ0) is 16.8. The maximum absolute atomic E-state index is 12.8. The maximum atomic E-state index is 12.8. The molecule has 1 atom stereocenters. The van der Waals surface area contributed by atoms with E-state index in [0.717, 1.165) is 6.07 Å². The van der Waals surface area contributed by atoms with Crippen LogP contribution in [0.4, 0.5) is 18.0 Å². The molecule has 0 aromatic carbocycles. The predicted molar refractivity (Wildman–Crippen MR) is 69.6 cm³/mol. The topological polar surface area (TPSA) is 88.5 Å². The molecule has 22 heavy (non-hydrogen) atoms. The molecule has 0 saturated heterocycles. The van der Waals surface area contributed by atoms with E-state index in [2.05, 4.69) is 11.6 Å². The lowest BCUT2D eigenvalue weighted by Crippen LogP contribution is -2.36. The number of aldehydes is 1. The van der Waals surface area contributed by atoms with Crippen molar-refractivity contribution in [2.45, 2.75) is 18.6 Å². The van der Waals surface area contributed by atoms with Crippen LogP contribution in [0.3, 0.4) is 0 Å². The van der Waals surface area contributed by atoms with Gasteiger partial charge in [0.05, 0.1) is 11.6 Å². The van der Waals surface area contributed by atoms with E-state index in [9.17, 15) is 22.8 Å². The number of ether oxygens (including phenoxy) is 1. The van der Waals surface area contributed by atoms with Crippen LogP contribution in [0, 0.1) is 0 Å². The second-order valence-electron chi connectivity index (χ2n) is 4.18. The zero-order valence-corrected chi connectivity index (χ0v) is 11.3. The minimum atomic E-state index is -4.62. The van der Waals surface area contributed by atoms with Crippen LogP contribution in [0.5, 0.6) is 5.88 Å². The lowest BCUT2D eigenvalue weighted by atomic mass is 10.1. The number of pyridine rings is 1. The third-order valence-electron chi connectivity index (χ3n) is 2.43. The first-order chi connectivity index (χ1) is 10.3. The molecule has 0 spiro atoms. The Morgan fingerprint density at radius 3 is 2.68 bits per heavy atom. The molecule has 1 heterocycles. The van der Waals surface area contributed by atoms with Crippen molar-refractivity contribution in [3.8, 4) is 5.88 Å². The Labute approximate surface area is 123 Å². The van der Waals surface area contributed by atoms with Gasteiger partial charge in [0.15, 0.2) is 0 Å². The van der Waals surface area contributed by atoms with Crippen LogP contribution in [-0.2, 0) is 17.4 Å². The summed E-state index contributed by atoms with van der Waals surface area (Å²) < 4.78 is 43.4. The summed E-state index contributed by atoms with van der Waals surface area (Å²) in [6.45, 7) is 3.32. The minimum absolute atomic E-state index is 0.0434. The molecule has 0 radical (unpaired) electrons. The monoisotopic (exact) mass is 318 g/mol. The lowest BCUT2D eigenvalue weighted by molar-refractivity contribution is -0.137. The van der Waals surface area contributed by atoms with Crippen LogP contribution in [0.1, 0.15) is 11.3 Å². The van der Waals surface area contributed by atoms with E-state index in [1.165, 1.54) is 6.08 Å². The van der Waals surface area contributed by atoms with Gasteiger partial charge in [-0.3, -0.25) is 0 Å². The van der Waals surface area contributed by atoms with Gasteiger partial charge in [-0.15, -0.1) is 0 Å². The number of halogens is 3. The number of alkyl halides is 3. The molecular weight excluding hydrogens is 305 g/mol. The zero-order valence-electron chi connectivity index (χ0n) is 11.3. The Bertz CT molecular complexity index is 561. The van der Waals surface area contributed by atoms with Crippen LogP contribution in [-0.4, -0.2) is 35.1 Å². The Morgan fingerprint density at radius 1 is 1.50 bits per heavy atom. The van der Waals surface area contributed by atoms with Crippen LogP contribution >= 0.6 is 0 Å². The first-order valence-electron chi connectivity index (χ1n) is 6.03. The van der Waals surface area contributed by atoms with E-state index < -0.39 is 23.9 Å². The molecular formula is C13H13F3N2O4. The molecule has 0 saturated carbocycles. The fraction of sp³-hybridized carbons (Fsp3) is 0.308. The molecule has 0 aliphatic rings. The third-order valence-corrected chi connectivity index (χ3v) is 2.43. The molecule has 0 bridgehead atoms. The SMILES string of the molecule is C=CCOc1cc(C(F)(F)F)cc(C[C@@H](C=O)NC(=O)O)n1. The summed E-state index contributed by atoms with van der Waals surface area (Å²) in [6.07, 6.45) is -4.81. The van der Waals surface area contributed by atoms with Gasteiger partial charge in [0, 0.05) is 18.2 Å². The summed E-state index contributed by atoms with van der Waals surface area (Å²) in [6, 6.07) is 0.245. The van der Waals surface area contributed by atoms with E-state index in [1.54, 1.807) is 0 Å². The number of carbonyl (C=O) groups excluding carboxylic acids is 1. The van der Waals surface area contributed by atoms with Crippen LogP contribution in [0.2, 0.25) is 0 Å². The molecule has 0 unspecified atom stereocenters. The summed E-state index contributed by atoms with van der Waals surface area (Å²) in [4.78, 5) is 25.1. The molecule has 9 heteroatoms. The number of hydrogen-bond donors (Lipinski definition) is 2.